The van der Waals surface area contributed by atoms with Gasteiger partial charge in [-0.05, 0) is 38.8 Å². The highest BCUT2D eigenvalue weighted by atomic mass is 19.1. The van der Waals surface area contributed by atoms with E-state index < -0.39 is 11.9 Å². The molecule has 0 aliphatic heterocycles. The minimum Gasteiger partial charge on any atom is -0.481 e. The van der Waals surface area contributed by atoms with Gasteiger partial charge in [-0.15, -0.1) is 0 Å². The SMILES string of the molecule is CC(CCCO)NC(=O)C(C)Oc1cccc(F)c1. The molecular weight excluding hydrogens is 249 g/mol. The lowest BCUT2D eigenvalue weighted by atomic mass is 10.2. The molecule has 0 aromatic heterocycles. The number of amides is 1. The Morgan fingerprint density at radius 1 is 1.47 bits per heavy atom. The smallest absolute Gasteiger partial charge is 0.260 e. The van der Waals surface area contributed by atoms with E-state index >= 15 is 0 Å². The summed E-state index contributed by atoms with van der Waals surface area (Å²) in [4.78, 5) is 11.8. The van der Waals surface area contributed by atoms with Crippen molar-refractivity contribution in [3.05, 3.63) is 30.1 Å². The van der Waals surface area contributed by atoms with Crippen molar-refractivity contribution in [2.45, 2.75) is 38.8 Å². The van der Waals surface area contributed by atoms with Gasteiger partial charge in [-0.25, -0.2) is 4.39 Å². The first-order chi connectivity index (χ1) is 9.02. The molecule has 1 aromatic carbocycles. The number of carbonyl (C=O) groups is 1. The molecule has 0 spiro atoms. The van der Waals surface area contributed by atoms with Gasteiger partial charge < -0.3 is 15.2 Å². The molecule has 2 atom stereocenters. The van der Waals surface area contributed by atoms with Crippen LogP contribution in [-0.2, 0) is 4.79 Å². The summed E-state index contributed by atoms with van der Waals surface area (Å²) < 4.78 is 18.3. The third kappa shape index (κ3) is 5.70. The topological polar surface area (TPSA) is 58.6 Å². The zero-order chi connectivity index (χ0) is 14.3. The van der Waals surface area contributed by atoms with Crippen LogP contribution in [-0.4, -0.2) is 29.8 Å². The van der Waals surface area contributed by atoms with Crippen molar-refractivity contribution >= 4 is 5.91 Å². The zero-order valence-electron chi connectivity index (χ0n) is 11.2. The first kappa shape index (κ1) is 15.4. The van der Waals surface area contributed by atoms with Crippen molar-refractivity contribution in [2.24, 2.45) is 0 Å². The van der Waals surface area contributed by atoms with Crippen LogP contribution in [0, 0.1) is 5.82 Å². The molecule has 1 aromatic rings. The van der Waals surface area contributed by atoms with Crippen molar-refractivity contribution in [3.63, 3.8) is 0 Å². The number of ether oxygens (including phenoxy) is 1. The minimum absolute atomic E-state index is 0.0294. The van der Waals surface area contributed by atoms with E-state index in [1.807, 2.05) is 6.92 Å². The molecule has 1 amide bonds. The van der Waals surface area contributed by atoms with E-state index in [4.69, 9.17) is 9.84 Å². The fourth-order valence-corrected chi connectivity index (χ4v) is 1.63. The first-order valence-electron chi connectivity index (χ1n) is 6.36. The van der Waals surface area contributed by atoms with Gasteiger partial charge in [-0.3, -0.25) is 4.79 Å². The minimum atomic E-state index is -0.696. The Morgan fingerprint density at radius 3 is 2.84 bits per heavy atom. The summed E-state index contributed by atoms with van der Waals surface area (Å²) in [5, 5.41) is 11.5. The largest absolute Gasteiger partial charge is 0.481 e. The van der Waals surface area contributed by atoms with Crippen molar-refractivity contribution in [3.8, 4) is 5.75 Å². The normalized spacial score (nSPS) is 13.7. The summed E-state index contributed by atoms with van der Waals surface area (Å²) in [5.41, 5.74) is 0. The number of hydrogen-bond donors (Lipinski definition) is 2. The van der Waals surface area contributed by atoms with E-state index in [9.17, 15) is 9.18 Å². The molecule has 0 bridgehead atoms. The van der Waals surface area contributed by atoms with Crippen molar-refractivity contribution < 1.29 is 19.0 Å². The highest BCUT2D eigenvalue weighted by Gasteiger charge is 2.16. The zero-order valence-corrected chi connectivity index (χ0v) is 11.2. The average Bonchev–Trinajstić information content (AvgIpc) is 2.36. The summed E-state index contributed by atoms with van der Waals surface area (Å²) >= 11 is 0. The molecule has 0 aliphatic rings. The third-order valence-corrected chi connectivity index (χ3v) is 2.66. The number of hydrogen-bond acceptors (Lipinski definition) is 3. The van der Waals surface area contributed by atoms with Crippen LogP contribution in [0.3, 0.4) is 0 Å². The van der Waals surface area contributed by atoms with Gasteiger partial charge >= 0.3 is 0 Å². The van der Waals surface area contributed by atoms with E-state index in [0.717, 1.165) is 0 Å². The van der Waals surface area contributed by atoms with Gasteiger partial charge in [0.15, 0.2) is 6.10 Å². The van der Waals surface area contributed by atoms with Crippen LogP contribution in [0.25, 0.3) is 0 Å². The molecular formula is C14H20FNO3. The monoisotopic (exact) mass is 269 g/mol. The Balaban J connectivity index is 2.44. The van der Waals surface area contributed by atoms with Crippen LogP contribution < -0.4 is 10.1 Å². The van der Waals surface area contributed by atoms with Crippen LogP contribution in [0.1, 0.15) is 26.7 Å². The number of nitrogens with one attached hydrogen (secondary N) is 1. The lowest BCUT2D eigenvalue weighted by molar-refractivity contribution is -0.127. The maximum Gasteiger partial charge on any atom is 0.260 e. The number of carbonyl (C=O) groups excluding carboxylic acids is 1. The van der Waals surface area contributed by atoms with Gasteiger partial charge in [0, 0.05) is 18.7 Å². The number of halogens is 1. The van der Waals surface area contributed by atoms with Crippen molar-refractivity contribution in [2.75, 3.05) is 6.61 Å². The Bertz CT molecular complexity index is 411. The molecule has 4 nitrogen and oxygen atoms in total. The van der Waals surface area contributed by atoms with Gasteiger partial charge in [-0.2, -0.15) is 0 Å². The lowest BCUT2D eigenvalue weighted by Gasteiger charge is -2.18. The summed E-state index contributed by atoms with van der Waals surface area (Å²) in [6.45, 7) is 3.58. The number of rotatable bonds is 7. The Labute approximate surface area is 112 Å². The summed E-state index contributed by atoms with van der Waals surface area (Å²) in [7, 11) is 0. The quantitative estimate of drug-likeness (QED) is 0.794. The van der Waals surface area contributed by atoms with E-state index in [-0.39, 0.29) is 18.6 Å². The second kappa shape index (κ2) is 7.74. The van der Waals surface area contributed by atoms with E-state index in [0.29, 0.717) is 18.6 Å². The molecule has 0 saturated heterocycles. The second-order valence-electron chi connectivity index (χ2n) is 4.49. The third-order valence-electron chi connectivity index (χ3n) is 2.66. The second-order valence-corrected chi connectivity index (χ2v) is 4.49. The standard InChI is InChI=1S/C14H20FNO3/c1-10(5-4-8-17)16-14(18)11(2)19-13-7-3-6-12(15)9-13/h3,6-7,9-11,17H,4-5,8H2,1-2H3,(H,16,18). The highest BCUT2D eigenvalue weighted by molar-refractivity contribution is 5.80. The predicted octanol–water partition coefficient (Wildman–Crippen LogP) is 1.87. The van der Waals surface area contributed by atoms with Gasteiger partial charge in [0.05, 0.1) is 0 Å². The van der Waals surface area contributed by atoms with Crippen LogP contribution in [0.5, 0.6) is 5.75 Å². The molecule has 5 heteroatoms. The van der Waals surface area contributed by atoms with Crippen LogP contribution in [0.4, 0.5) is 4.39 Å². The van der Waals surface area contributed by atoms with Gasteiger partial charge in [0.25, 0.3) is 5.91 Å². The van der Waals surface area contributed by atoms with Crippen LogP contribution in [0.2, 0.25) is 0 Å². The molecule has 2 N–H and O–H groups in total. The lowest BCUT2D eigenvalue weighted by Crippen LogP contribution is -2.41. The maximum absolute atomic E-state index is 13.0. The van der Waals surface area contributed by atoms with E-state index in [1.165, 1.54) is 18.2 Å². The molecule has 106 valence electrons. The van der Waals surface area contributed by atoms with Gasteiger partial charge in [-0.1, -0.05) is 6.07 Å². The molecule has 2 unspecified atom stereocenters. The summed E-state index contributed by atoms with van der Waals surface area (Å²) in [6.07, 6.45) is 0.647. The Hall–Kier alpha value is -1.62. The number of aliphatic hydroxyl groups is 1. The van der Waals surface area contributed by atoms with Crippen molar-refractivity contribution in [1.82, 2.24) is 5.32 Å². The molecule has 0 radical (unpaired) electrons. The predicted molar refractivity (Wildman–Crippen MR) is 70.4 cm³/mol. The first-order valence-corrected chi connectivity index (χ1v) is 6.36. The average molecular weight is 269 g/mol. The highest BCUT2D eigenvalue weighted by Crippen LogP contribution is 2.13. The van der Waals surface area contributed by atoms with Gasteiger partial charge in [0.2, 0.25) is 0 Å². The maximum atomic E-state index is 13.0. The molecule has 19 heavy (non-hydrogen) atoms. The Morgan fingerprint density at radius 2 is 2.21 bits per heavy atom. The van der Waals surface area contributed by atoms with E-state index in [1.54, 1.807) is 13.0 Å². The molecule has 1 rings (SSSR count). The molecule has 0 heterocycles. The van der Waals surface area contributed by atoms with Gasteiger partial charge in [0.1, 0.15) is 11.6 Å². The molecule has 0 saturated carbocycles. The molecule has 0 aliphatic carbocycles. The van der Waals surface area contributed by atoms with Crippen LogP contribution >= 0.6 is 0 Å². The fourth-order valence-electron chi connectivity index (χ4n) is 1.63. The number of aliphatic hydroxyl groups excluding tert-OH is 1. The summed E-state index contributed by atoms with van der Waals surface area (Å²) in [5.74, 6) is -0.332. The summed E-state index contributed by atoms with van der Waals surface area (Å²) in [6, 6.07) is 5.65. The molecule has 0 fully saturated rings. The fraction of sp³-hybridized carbons (Fsp3) is 0.500. The van der Waals surface area contributed by atoms with Crippen molar-refractivity contribution in [1.29, 1.82) is 0 Å². The van der Waals surface area contributed by atoms with E-state index in [2.05, 4.69) is 5.32 Å². The Kier molecular flexibility index (Phi) is 6.29. The number of benzene rings is 1. The van der Waals surface area contributed by atoms with Crippen LogP contribution in [0.15, 0.2) is 24.3 Å².